The van der Waals surface area contributed by atoms with Gasteiger partial charge in [0.1, 0.15) is 5.75 Å². The average Bonchev–Trinajstić information content (AvgIpc) is 2.15. The molecular weight excluding hydrogens is 214 g/mol. The molecule has 1 rings (SSSR count). The molecule has 0 radical (unpaired) electrons. The Morgan fingerprint density at radius 1 is 1.33 bits per heavy atom. The van der Waals surface area contributed by atoms with E-state index in [0.29, 0.717) is 5.56 Å². The summed E-state index contributed by atoms with van der Waals surface area (Å²) in [4.78, 5) is 0. The molecule has 0 bridgehead atoms. The van der Waals surface area contributed by atoms with Gasteiger partial charge in [-0.15, -0.1) is 12.4 Å². The predicted molar refractivity (Wildman–Crippen MR) is 63.5 cm³/mol. The summed E-state index contributed by atoms with van der Waals surface area (Å²) in [5.41, 5.74) is 6.87. The fourth-order valence-corrected chi connectivity index (χ4v) is 1.39. The highest BCUT2D eigenvalue weighted by Crippen LogP contribution is 2.28. The van der Waals surface area contributed by atoms with Gasteiger partial charge in [0.2, 0.25) is 0 Å². The Morgan fingerprint density at radius 3 is 2.33 bits per heavy atom. The summed E-state index contributed by atoms with van der Waals surface area (Å²) in [6.07, 6.45) is -0.692. The quantitative estimate of drug-likeness (QED) is 0.745. The lowest BCUT2D eigenvalue weighted by molar-refractivity contribution is 0.186. The van der Waals surface area contributed by atoms with Crippen molar-refractivity contribution in [2.24, 2.45) is 5.73 Å². The second-order valence-corrected chi connectivity index (χ2v) is 3.72. The van der Waals surface area contributed by atoms with E-state index in [9.17, 15) is 10.2 Å². The second-order valence-electron chi connectivity index (χ2n) is 3.72. The van der Waals surface area contributed by atoms with E-state index in [2.05, 4.69) is 0 Å². The number of phenols is 1. The molecule has 86 valence electrons. The molecule has 0 aliphatic carbocycles. The number of hydrogen-bond donors (Lipinski definition) is 3. The average molecular weight is 232 g/mol. The number of benzene rings is 1. The summed E-state index contributed by atoms with van der Waals surface area (Å²) in [6, 6.07) is 5.20. The van der Waals surface area contributed by atoms with Crippen LogP contribution in [0.15, 0.2) is 18.2 Å². The molecule has 0 aliphatic rings. The largest absolute Gasteiger partial charge is 0.508 e. The van der Waals surface area contributed by atoms with Crippen LogP contribution < -0.4 is 5.73 Å². The van der Waals surface area contributed by atoms with Crippen molar-refractivity contribution in [1.82, 2.24) is 0 Å². The van der Waals surface area contributed by atoms with Crippen molar-refractivity contribution < 1.29 is 10.2 Å². The van der Waals surface area contributed by atoms with Crippen LogP contribution in [0.3, 0.4) is 0 Å². The summed E-state index contributed by atoms with van der Waals surface area (Å²) < 4.78 is 0. The van der Waals surface area contributed by atoms with Crippen molar-refractivity contribution in [3.63, 3.8) is 0 Å². The standard InChI is InChI=1S/C11H17NO2.ClH/c1-7(2)9-4-3-8(5-10(9)13)11(14)6-12;/h3-5,7,11,13-14H,6,12H2,1-2H3;1H. The highest BCUT2D eigenvalue weighted by atomic mass is 35.5. The van der Waals surface area contributed by atoms with E-state index >= 15 is 0 Å². The van der Waals surface area contributed by atoms with Gasteiger partial charge in [0, 0.05) is 6.54 Å². The van der Waals surface area contributed by atoms with Crippen molar-refractivity contribution in [2.45, 2.75) is 25.9 Å². The van der Waals surface area contributed by atoms with Crippen LogP contribution >= 0.6 is 12.4 Å². The van der Waals surface area contributed by atoms with E-state index < -0.39 is 6.10 Å². The van der Waals surface area contributed by atoms with Crippen LogP contribution in [0, 0.1) is 0 Å². The van der Waals surface area contributed by atoms with Gasteiger partial charge < -0.3 is 15.9 Å². The molecule has 1 aromatic carbocycles. The molecule has 1 atom stereocenters. The third-order valence-corrected chi connectivity index (χ3v) is 2.28. The highest BCUT2D eigenvalue weighted by molar-refractivity contribution is 5.85. The molecular formula is C11H18ClNO2. The Kier molecular flexibility index (Phi) is 5.65. The summed E-state index contributed by atoms with van der Waals surface area (Å²) in [6.45, 7) is 4.18. The molecule has 0 saturated heterocycles. The van der Waals surface area contributed by atoms with Gasteiger partial charge >= 0.3 is 0 Å². The second kappa shape index (κ2) is 5.95. The Labute approximate surface area is 96.3 Å². The summed E-state index contributed by atoms with van der Waals surface area (Å²) in [7, 11) is 0. The fraction of sp³-hybridized carbons (Fsp3) is 0.455. The van der Waals surface area contributed by atoms with E-state index in [1.165, 1.54) is 0 Å². The van der Waals surface area contributed by atoms with Crippen LogP contribution in [0.4, 0.5) is 0 Å². The number of phenolic OH excluding ortho intramolecular Hbond substituents is 1. The van der Waals surface area contributed by atoms with Gasteiger partial charge in [0.05, 0.1) is 6.10 Å². The third kappa shape index (κ3) is 3.38. The number of aliphatic hydroxyl groups is 1. The lowest BCUT2D eigenvalue weighted by Gasteiger charge is -2.12. The van der Waals surface area contributed by atoms with Gasteiger partial charge in [0.15, 0.2) is 0 Å². The lowest BCUT2D eigenvalue weighted by Crippen LogP contribution is -2.11. The minimum absolute atomic E-state index is 0. The number of rotatable bonds is 3. The van der Waals surface area contributed by atoms with Gasteiger partial charge in [0.25, 0.3) is 0 Å². The van der Waals surface area contributed by atoms with Crippen LogP contribution in [-0.4, -0.2) is 16.8 Å². The Hall–Kier alpha value is -0.770. The smallest absolute Gasteiger partial charge is 0.119 e. The molecule has 4 N–H and O–H groups in total. The van der Waals surface area contributed by atoms with Crippen LogP contribution in [-0.2, 0) is 0 Å². The highest BCUT2D eigenvalue weighted by Gasteiger charge is 2.10. The number of nitrogens with two attached hydrogens (primary N) is 1. The van der Waals surface area contributed by atoms with Crippen molar-refractivity contribution >= 4 is 12.4 Å². The van der Waals surface area contributed by atoms with E-state index in [-0.39, 0.29) is 30.6 Å². The zero-order valence-electron chi connectivity index (χ0n) is 8.97. The SMILES string of the molecule is CC(C)c1ccc(C(O)CN)cc1O.Cl. The normalized spacial score (nSPS) is 12.3. The molecule has 0 heterocycles. The van der Waals surface area contributed by atoms with E-state index in [0.717, 1.165) is 5.56 Å². The van der Waals surface area contributed by atoms with Crippen molar-refractivity contribution in [1.29, 1.82) is 0 Å². The fourth-order valence-electron chi connectivity index (χ4n) is 1.39. The number of aromatic hydroxyl groups is 1. The Balaban J connectivity index is 0.00000196. The minimum Gasteiger partial charge on any atom is -0.508 e. The third-order valence-electron chi connectivity index (χ3n) is 2.28. The van der Waals surface area contributed by atoms with Crippen molar-refractivity contribution in [2.75, 3.05) is 6.54 Å². The molecule has 0 saturated carbocycles. The van der Waals surface area contributed by atoms with Gasteiger partial charge in [-0.25, -0.2) is 0 Å². The monoisotopic (exact) mass is 231 g/mol. The Bertz CT molecular complexity index is 315. The van der Waals surface area contributed by atoms with Crippen LogP contribution in [0.5, 0.6) is 5.75 Å². The summed E-state index contributed by atoms with van der Waals surface area (Å²) in [5.74, 6) is 0.504. The number of hydrogen-bond acceptors (Lipinski definition) is 3. The molecule has 4 heteroatoms. The maximum atomic E-state index is 9.65. The van der Waals surface area contributed by atoms with E-state index in [1.54, 1.807) is 12.1 Å². The van der Waals surface area contributed by atoms with Crippen molar-refractivity contribution in [3.05, 3.63) is 29.3 Å². The van der Waals surface area contributed by atoms with Gasteiger partial charge in [-0.3, -0.25) is 0 Å². The van der Waals surface area contributed by atoms with Gasteiger partial charge in [-0.2, -0.15) is 0 Å². The zero-order chi connectivity index (χ0) is 10.7. The maximum absolute atomic E-state index is 9.65. The van der Waals surface area contributed by atoms with Crippen LogP contribution in [0.1, 0.15) is 37.0 Å². The molecule has 15 heavy (non-hydrogen) atoms. The van der Waals surface area contributed by atoms with Crippen LogP contribution in [0.2, 0.25) is 0 Å². The molecule has 0 spiro atoms. The minimum atomic E-state index is -0.692. The number of halogens is 1. The first kappa shape index (κ1) is 14.2. The molecule has 0 aliphatic heterocycles. The molecule has 1 unspecified atom stereocenters. The molecule has 0 aromatic heterocycles. The van der Waals surface area contributed by atoms with Crippen LogP contribution in [0.25, 0.3) is 0 Å². The van der Waals surface area contributed by atoms with E-state index in [1.807, 2.05) is 19.9 Å². The van der Waals surface area contributed by atoms with Gasteiger partial charge in [-0.05, 0) is 23.1 Å². The first-order valence-corrected chi connectivity index (χ1v) is 4.77. The Morgan fingerprint density at radius 2 is 1.93 bits per heavy atom. The first-order chi connectivity index (χ1) is 6.56. The molecule has 0 amide bonds. The molecule has 1 aromatic rings. The topological polar surface area (TPSA) is 66.5 Å². The summed E-state index contributed by atoms with van der Waals surface area (Å²) >= 11 is 0. The molecule has 3 nitrogen and oxygen atoms in total. The first-order valence-electron chi connectivity index (χ1n) is 4.77. The summed E-state index contributed by atoms with van der Waals surface area (Å²) in [5, 5.41) is 19.1. The predicted octanol–water partition coefficient (Wildman–Crippen LogP) is 1.93. The zero-order valence-corrected chi connectivity index (χ0v) is 9.79. The van der Waals surface area contributed by atoms with E-state index in [4.69, 9.17) is 5.73 Å². The van der Waals surface area contributed by atoms with Crippen molar-refractivity contribution in [3.8, 4) is 5.75 Å². The lowest BCUT2D eigenvalue weighted by atomic mass is 9.99. The maximum Gasteiger partial charge on any atom is 0.119 e. The number of aliphatic hydroxyl groups excluding tert-OH is 1. The molecule has 0 fully saturated rings. The van der Waals surface area contributed by atoms with Gasteiger partial charge in [-0.1, -0.05) is 26.0 Å².